The Kier molecular flexibility index (Phi) is 5.59. The fourth-order valence-electron chi connectivity index (χ4n) is 2.19. The Bertz CT molecular complexity index is 297. The van der Waals surface area contributed by atoms with Crippen molar-refractivity contribution in [3.8, 4) is 0 Å². The van der Waals surface area contributed by atoms with Crippen molar-refractivity contribution in [3.05, 3.63) is 0 Å². The van der Waals surface area contributed by atoms with Crippen molar-refractivity contribution >= 4 is 11.8 Å². The molecule has 1 fully saturated rings. The molecule has 0 atom stereocenters. The lowest BCUT2D eigenvalue weighted by Crippen LogP contribution is -2.50. The Balaban J connectivity index is 2.22. The molecule has 1 aliphatic rings. The molecule has 0 radical (unpaired) electrons. The third kappa shape index (κ3) is 5.04. The monoisotopic (exact) mass is 255 g/mol. The summed E-state index contributed by atoms with van der Waals surface area (Å²) in [5.41, 5.74) is 0.0141. The van der Waals surface area contributed by atoms with Crippen molar-refractivity contribution in [2.45, 2.75) is 45.6 Å². The molecule has 0 aromatic carbocycles. The molecule has 1 heterocycles. The first kappa shape index (κ1) is 15.0. The van der Waals surface area contributed by atoms with Crippen LogP contribution in [0, 0.1) is 0 Å². The van der Waals surface area contributed by atoms with Crippen LogP contribution in [0.2, 0.25) is 0 Å². The first-order valence-corrected chi connectivity index (χ1v) is 6.68. The van der Waals surface area contributed by atoms with Crippen LogP contribution < -0.4 is 10.6 Å². The summed E-state index contributed by atoms with van der Waals surface area (Å²) in [5, 5.41) is 5.56. The van der Waals surface area contributed by atoms with Gasteiger partial charge in [0, 0.05) is 32.0 Å². The zero-order valence-corrected chi connectivity index (χ0v) is 11.7. The summed E-state index contributed by atoms with van der Waals surface area (Å²) in [5.74, 6) is -0.101. The van der Waals surface area contributed by atoms with Gasteiger partial charge in [-0.05, 0) is 39.8 Å². The van der Waals surface area contributed by atoms with Gasteiger partial charge >= 0.3 is 0 Å². The predicted octanol–water partition coefficient (Wildman–Crippen LogP) is 0.503. The highest BCUT2D eigenvalue weighted by molar-refractivity contribution is 5.77. The summed E-state index contributed by atoms with van der Waals surface area (Å²) in [4.78, 5) is 24.7. The van der Waals surface area contributed by atoms with Crippen LogP contribution in [0.5, 0.6) is 0 Å². The van der Waals surface area contributed by atoms with Gasteiger partial charge in [-0.15, -0.1) is 0 Å². The lowest BCUT2D eigenvalue weighted by molar-refractivity contribution is -0.122. The van der Waals surface area contributed by atoms with Crippen LogP contribution in [0.15, 0.2) is 0 Å². The number of carbonyl (C=O) groups excluding carboxylic acids is 2. The molecule has 0 bridgehead atoms. The lowest BCUT2D eigenvalue weighted by atomic mass is 10.0. The van der Waals surface area contributed by atoms with E-state index in [-0.39, 0.29) is 17.4 Å². The van der Waals surface area contributed by atoms with Crippen LogP contribution >= 0.6 is 0 Å². The normalized spacial score (nSPS) is 16.6. The number of likely N-dealkylation sites (tertiary alicyclic amines) is 1. The van der Waals surface area contributed by atoms with Crippen molar-refractivity contribution in [1.29, 1.82) is 0 Å². The van der Waals surface area contributed by atoms with Gasteiger partial charge in [-0.25, -0.2) is 0 Å². The predicted molar refractivity (Wildman–Crippen MR) is 71.2 cm³/mol. The summed E-state index contributed by atoms with van der Waals surface area (Å²) in [7, 11) is 0. The molecule has 104 valence electrons. The number of nitrogens with one attached hydrogen (secondary N) is 2. The van der Waals surface area contributed by atoms with Crippen LogP contribution in [0.25, 0.3) is 0 Å². The summed E-state index contributed by atoms with van der Waals surface area (Å²) < 4.78 is 0. The van der Waals surface area contributed by atoms with E-state index in [2.05, 4.69) is 29.4 Å². The smallest absolute Gasteiger partial charge is 0.221 e. The van der Waals surface area contributed by atoms with Gasteiger partial charge < -0.3 is 10.6 Å². The average molecular weight is 255 g/mol. The van der Waals surface area contributed by atoms with Crippen molar-refractivity contribution in [3.63, 3.8) is 0 Å². The minimum atomic E-state index is -0.0970. The van der Waals surface area contributed by atoms with Gasteiger partial charge in [-0.3, -0.25) is 14.5 Å². The summed E-state index contributed by atoms with van der Waals surface area (Å²) >= 11 is 0. The van der Waals surface area contributed by atoms with E-state index in [4.69, 9.17) is 0 Å². The van der Waals surface area contributed by atoms with E-state index in [0.29, 0.717) is 19.5 Å². The van der Waals surface area contributed by atoms with Crippen molar-refractivity contribution in [2.24, 2.45) is 0 Å². The SMILES string of the molecule is CC(=O)NCCC(=O)NCC(C)(C)N1CCCC1. The second-order valence-corrected chi connectivity index (χ2v) is 5.52. The molecule has 5 heteroatoms. The molecule has 0 aromatic heterocycles. The molecular formula is C13H25N3O2. The molecule has 0 saturated carbocycles. The highest BCUT2D eigenvalue weighted by Gasteiger charge is 2.29. The van der Waals surface area contributed by atoms with Crippen LogP contribution in [0.3, 0.4) is 0 Å². The van der Waals surface area contributed by atoms with Crippen LogP contribution in [-0.4, -0.2) is 48.4 Å². The zero-order valence-electron chi connectivity index (χ0n) is 11.7. The van der Waals surface area contributed by atoms with Crippen molar-refractivity contribution in [2.75, 3.05) is 26.2 Å². The van der Waals surface area contributed by atoms with E-state index < -0.39 is 0 Å². The molecule has 0 spiro atoms. The minimum absolute atomic E-state index is 0.00368. The van der Waals surface area contributed by atoms with E-state index in [9.17, 15) is 9.59 Å². The molecule has 1 saturated heterocycles. The number of hydrogen-bond acceptors (Lipinski definition) is 3. The van der Waals surface area contributed by atoms with Crippen molar-refractivity contribution in [1.82, 2.24) is 15.5 Å². The van der Waals surface area contributed by atoms with Gasteiger partial charge in [0.05, 0.1) is 0 Å². The molecule has 2 N–H and O–H groups in total. The Morgan fingerprint density at radius 1 is 1.17 bits per heavy atom. The molecular weight excluding hydrogens is 230 g/mol. The van der Waals surface area contributed by atoms with Gasteiger partial charge in [0.25, 0.3) is 0 Å². The second kappa shape index (κ2) is 6.73. The molecule has 0 aliphatic carbocycles. The third-order valence-corrected chi connectivity index (χ3v) is 3.41. The largest absolute Gasteiger partial charge is 0.356 e. The molecule has 1 rings (SSSR count). The van der Waals surface area contributed by atoms with E-state index in [0.717, 1.165) is 13.1 Å². The van der Waals surface area contributed by atoms with Crippen LogP contribution in [-0.2, 0) is 9.59 Å². The lowest BCUT2D eigenvalue weighted by Gasteiger charge is -2.35. The summed E-state index contributed by atoms with van der Waals surface area (Å²) in [6, 6.07) is 0. The summed E-state index contributed by atoms with van der Waals surface area (Å²) in [6.45, 7) is 9.08. The topological polar surface area (TPSA) is 61.4 Å². The van der Waals surface area contributed by atoms with E-state index in [1.165, 1.54) is 19.8 Å². The number of nitrogens with zero attached hydrogens (tertiary/aromatic N) is 1. The Hall–Kier alpha value is -1.10. The van der Waals surface area contributed by atoms with Crippen molar-refractivity contribution < 1.29 is 9.59 Å². The Morgan fingerprint density at radius 3 is 2.33 bits per heavy atom. The molecule has 18 heavy (non-hydrogen) atoms. The molecule has 0 aromatic rings. The Morgan fingerprint density at radius 2 is 1.78 bits per heavy atom. The maximum Gasteiger partial charge on any atom is 0.221 e. The first-order valence-electron chi connectivity index (χ1n) is 6.68. The fraction of sp³-hybridized carbons (Fsp3) is 0.846. The van der Waals surface area contributed by atoms with Gasteiger partial charge in [0.1, 0.15) is 0 Å². The molecule has 1 aliphatic heterocycles. The Labute approximate surface area is 109 Å². The maximum absolute atomic E-state index is 11.6. The fourth-order valence-corrected chi connectivity index (χ4v) is 2.19. The molecule has 2 amide bonds. The number of rotatable bonds is 6. The average Bonchev–Trinajstić information content (AvgIpc) is 2.80. The quantitative estimate of drug-likeness (QED) is 0.726. The second-order valence-electron chi connectivity index (χ2n) is 5.52. The highest BCUT2D eigenvalue weighted by Crippen LogP contribution is 2.19. The highest BCUT2D eigenvalue weighted by atomic mass is 16.2. The minimum Gasteiger partial charge on any atom is -0.356 e. The standard InChI is InChI=1S/C13H25N3O2/c1-11(17)14-7-6-12(18)15-10-13(2,3)16-8-4-5-9-16/h4-10H2,1-3H3,(H,14,17)(H,15,18). The number of amides is 2. The van der Waals surface area contributed by atoms with E-state index in [1.54, 1.807) is 0 Å². The van der Waals surface area contributed by atoms with E-state index in [1.807, 2.05) is 0 Å². The van der Waals surface area contributed by atoms with Gasteiger partial charge in [-0.2, -0.15) is 0 Å². The van der Waals surface area contributed by atoms with Crippen LogP contribution in [0.1, 0.15) is 40.0 Å². The third-order valence-electron chi connectivity index (χ3n) is 3.41. The number of carbonyl (C=O) groups is 2. The number of hydrogen-bond donors (Lipinski definition) is 2. The van der Waals surface area contributed by atoms with Crippen LogP contribution in [0.4, 0.5) is 0 Å². The van der Waals surface area contributed by atoms with Gasteiger partial charge in [0.15, 0.2) is 0 Å². The first-order chi connectivity index (χ1) is 8.42. The zero-order chi connectivity index (χ0) is 13.6. The van der Waals surface area contributed by atoms with Gasteiger partial charge in [-0.1, -0.05) is 0 Å². The summed E-state index contributed by atoms with van der Waals surface area (Å²) in [6.07, 6.45) is 2.84. The molecule has 0 unspecified atom stereocenters. The van der Waals surface area contributed by atoms with E-state index >= 15 is 0 Å². The molecule has 5 nitrogen and oxygen atoms in total. The maximum atomic E-state index is 11.6. The van der Waals surface area contributed by atoms with Gasteiger partial charge in [0.2, 0.25) is 11.8 Å².